The predicted octanol–water partition coefficient (Wildman–Crippen LogP) is 39.6. The zero-order valence-electron chi connectivity index (χ0n) is 85.4. The molecule has 12 aliphatic carbocycles. The topological polar surface area (TPSA) is 19.3 Å². The summed E-state index contributed by atoms with van der Waals surface area (Å²) in [4.78, 5) is 4.45. The summed E-state index contributed by atoms with van der Waals surface area (Å²) in [7, 11) is 34.5. The first-order valence-electron chi connectivity index (χ1n) is 55.4. The third kappa shape index (κ3) is 39.4. The molecule has 0 radical (unpaired) electrons. The van der Waals surface area contributed by atoms with Crippen LogP contribution < -0.4 is 9.80 Å². The van der Waals surface area contributed by atoms with Crippen LogP contribution >= 0.6 is 89.8 Å². The normalized spacial score (nSPS) is 21.7. The molecule has 13 aliphatic rings. The van der Waals surface area contributed by atoms with E-state index in [1.165, 1.54) is 113 Å². The standard InChI is InChI=1S/C21H25N2.4C18H33P.C11H14O.2C7H6.6ClH.3Ru/c1-14-9-16(3)20(17(4)10-14)22-7-8-23(13-22)21-18(5)11-15(2)12-19(21)6;4*1-4-10-16(11-5-1)19(17-12-6-2-7-13-17)18-14-8-3-9-15-18;1-4-10-7-5-6-8-11(10)12-9(2)3;2*1-7-5-3-2-4-6-7;;;;;;;;;/h7-13H,1-6H3;4*16-18H,1-15H2;5-9H,1-3H3;2*1-6H;6*1H;;;/q-1;;;;;;;;;;;;;;3*+2/p-1. The first-order valence-corrected chi connectivity index (χ1v) is 78.6. The van der Waals surface area contributed by atoms with Gasteiger partial charge in [-0.15, -0.1) is 6.67 Å². The summed E-state index contributed by atoms with van der Waals surface area (Å²) in [5.41, 5.74) is 28.5. The molecule has 1 N–H and O–H groups in total. The van der Waals surface area contributed by atoms with Crippen LogP contribution in [0.2, 0.25) is 0 Å². The number of nitrogens with zero attached hydrogens (tertiary/aromatic N) is 2. The number of anilines is 2. The van der Waals surface area contributed by atoms with Gasteiger partial charge >= 0.3 is 251 Å². The van der Waals surface area contributed by atoms with Crippen molar-refractivity contribution in [3.8, 4) is 5.75 Å². The number of aromatic hydroxyl groups is 1. The Hall–Kier alpha value is 0.180. The minimum atomic E-state index is -1.80. The number of ether oxygens (including phenoxy) is 1. The van der Waals surface area contributed by atoms with Gasteiger partial charge in [0, 0.05) is 43.1 Å². The number of hydrogen-bond donors (Lipinski definition) is 0. The Morgan fingerprint density at radius 2 is 0.493 bits per heavy atom. The number of para-hydroxylation sites is 1. The second-order valence-electron chi connectivity index (χ2n) is 43.6. The number of aliphatic hydroxyl groups is 1. The van der Waals surface area contributed by atoms with Crippen LogP contribution in [0.15, 0.2) is 122 Å². The Labute approximate surface area is 866 Å². The molecule has 758 valence electrons. The molecule has 0 unspecified atom stereocenters. The molecule has 18 rings (SSSR count). The zero-order valence-corrected chi connectivity index (χ0v) is 99.1. The van der Waals surface area contributed by atoms with E-state index in [-0.39, 0.29) is 37.8 Å². The van der Waals surface area contributed by atoms with Gasteiger partial charge in [0.15, 0.2) is 0 Å². The van der Waals surface area contributed by atoms with Crippen molar-refractivity contribution >= 4 is 115 Å². The van der Waals surface area contributed by atoms with E-state index in [1.54, 1.807) is 385 Å². The van der Waals surface area contributed by atoms with Gasteiger partial charge in [-0.05, 0) is 384 Å². The third-order valence-corrected chi connectivity index (χ3v) is 59.0. The molecule has 1 heterocycles. The van der Waals surface area contributed by atoms with Gasteiger partial charge in [-0.2, -0.15) is 0 Å². The molecule has 5 aromatic carbocycles. The van der Waals surface area contributed by atoms with Crippen molar-refractivity contribution in [1.82, 2.24) is 0 Å². The average Bonchev–Trinajstić information content (AvgIpc) is 1.65. The van der Waals surface area contributed by atoms with Crippen molar-refractivity contribution in [2.24, 2.45) is 0 Å². The van der Waals surface area contributed by atoms with Crippen molar-refractivity contribution in [2.45, 2.75) is 522 Å². The molecule has 0 saturated heterocycles. The first-order chi connectivity index (χ1) is 65.3. The number of aryl methyl sites for hydroxylation is 6. The summed E-state index contributed by atoms with van der Waals surface area (Å²) < 4.78 is 9.48. The van der Waals surface area contributed by atoms with Crippen LogP contribution in [0.5, 0.6) is 5.75 Å². The summed E-state index contributed by atoms with van der Waals surface area (Å²) in [5.74, 6) is 0.991. The van der Waals surface area contributed by atoms with Crippen molar-refractivity contribution in [2.75, 3.05) is 9.80 Å². The van der Waals surface area contributed by atoms with Crippen LogP contribution in [0, 0.1) is 48.2 Å². The molecule has 0 atom stereocenters. The van der Waals surface area contributed by atoms with Gasteiger partial charge < -0.3 is 9.80 Å². The van der Waals surface area contributed by atoms with Crippen molar-refractivity contribution < 1.29 is 45.3 Å². The van der Waals surface area contributed by atoms with Crippen molar-refractivity contribution in [3.05, 3.63) is 178 Å². The molecule has 5 aromatic rings. The average molecular weight is 2290 g/mol. The summed E-state index contributed by atoms with van der Waals surface area (Å²) in [6.45, 7) is 21.3. The fourth-order valence-electron chi connectivity index (χ4n) is 27.5. The van der Waals surface area contributed by atoms with Crippen molar-refractivity contribution in [3.63, 3.8) is 0 Å². The fraction of sp³-hybridized carbons (Fsp3) is 0.695. The Morgan fingerprint density at radius 1 is 0.299 bits per heavy atom. The molecular weight excluding hydrogens is 2100 g/mol. The van der Waals surface area contributed by atoms with Gasteiger partial charge in [-0.3, -0.25) is 0 Å². The van der Waals surface area contributed by atoms with Crippen LogP contribution in [-0.4, -0.2) is 92.1 Å². The van der Waals surface area contributed by atoms with Gasteiger partial charge in [0.05, 0.1) is 67.9 Å². The molecule has 1 aliphatic heterocycles. The number of halogens is 6. The number of rotatable bonds is 19. The van der Waals surface area contributed by atoms with E-state index in [4.69, 9.17) is 58.1 Å². The SMILES string of the molecule is C1CCC([PH+](C2CCCCC2)C2CCCCC2)CC1.C1CCC([PH+](C2CCCCC2)C2CCCCC2)CC1.C1CCC([PH+](C2CCCCC2)C2CCCCC2)CC1.C1CCC([PH+](C2CCCCC2)C2CCCCC2)CC1.C[C](c1ccccc1[OH+]C(C)C)=[Ru]([Cl])[Cl].Cc1cc(C)c(N2C=CN(c3c(C)cc(C)cc3C)[CH-]2)c(C)c1.[Cl][Ru]([Cl])=[CH]c1ccccc1.[Cl][Ru]([Cl])=[CH]c1ccccc1. The molecule has 0 spiro atoms. The van der Waals surface area contributed by atoms with Gasteiger partial charge in [-0.25, -0.2) is 0 Å². The van der Waals surface area contributed by atoms with Crippen LogP contribution in [0.4, 0.5) is 11.4 Å². The van der Waals surface area contributed by atoms with E-state index in [1.807, 2.05) is 101 Å². The molecule has 0 bridgehead atoms. The molecule has 3 nitrogen and oxygen atoms in total. The molecule has 0 amide bonds. The van der Waals surface area contributed by atoms with E-state index in [0.717, 1.165) is 26.5 Å². The quantitative estimate of drug-likeness (QED) is 0.0355. The van der Waals surface area contributed by atoms with Crippen LogP contribution in [-0.2, 0) is 40.6 Å². The third-order valence-electron chi connectivity index (χ3n) is 33.2. The van der Waals surface area contributed by atoms with Crippen LogP contribution in [0.3, 0.4) is 0 Å². The monoisotopic (exact) mass is 2290 g/mol. The van der Waals surface area contributed by atoms with Gasteiger partial charge in [0.25, 0.3) is 0 Å². The predicted molar refractivity (Wildman–Crippen MR) is 607 cm³/mol. The van der Waals surface area contributed by atoms with E-state index in [0.29, 0.717) is 0 Å². The molecule has 134 heavy (non-hydrogen) atoms. The molecule has 16 heteroatoms. The Bertz CT molecular complexity index is 3610. The molecule has 12 fully saturated rings. The van der Waals surface area contributed by atoms with E-state index >= 15 is 0 Å². The van der Waals surface area contributed by atoms with Crippen LogP contribution in [0.1, 0.15) is 456 Å². The molecular formula is C118H188Cl6N2OP4Ru3+4. The Kier molecular flexibility index (Phi) is 55.5. The van der Waals surface area contributed by atoms with E-state index in [9.17, 15) is 0 Å². The van der Waals surface area contributed by atoms with E-state index < -0.39 is 40.6 Å². The van der Waals surface area contributed by atoms with E-state index in [2.05, 4.69) is 113 Å². The van der Waals surface area contributed by atoms with Gasteiger partial charge in [-0.1, -0.05) is 112 Å². The first kappa shape index (κ1) is 114. The van der Waals surface area contributed by atoms with Gasteiger partial charge in [0.1, 0.15) is 0 Å². The zero-order chi connectivity index (χ0) is 94.6. The summed E-state index contributed by atoms with van der Waals surface area (Å²) in [5, 5.41) is 0. The summed E-state index contributed by atoms with van der Waals surface area (Å²) in [6.07, 6.45) is 99.7. The minimum absolute atomic E-state index is 0.0465. The number of hydrogen-bond acceptors (Lipinski definition) is 2. The second kappa shape index (κ2) is 65.0. The maximum absolute atomic E-state index is 6.00. The Balaban J connectivity index is 0.000000149. The maximum atomic E-state index is 6.00. The Morgan fingerprint density at radius 3 is 0.679 bits per heavy atom. The number of benzene rings is 5. The van der Waals surface area contributed by atoms with Crippen LogP contribution in [0.25, 0.3) is 0 Å². The fourth-order valence-corrected chi connectivity index (χ4v) is 53.6. The van der Waals surface area contributed by atoms with Gasteiger partial charge in [0.2, 0.25) is 0 Å². The second-order valence-corrected chi connectivity index (χ2v) is 75.0. The van der Waals surface area contributed by atoms with Crippen molar-refractivity contribution in [1.29, 1.82) is 0 Å². The summed E-state index contributed by atoms with van der Waals surface area (Å²) in [6, 6.07) is 36.8. The molecule has 0 aromatic heterocycles. The molecule has 12 saturated carbocycles. The summed E-state index contributed by atoms with van der Waals surface area (Å²) >= 11 is -5.03.